The molecule has 0 unspecified atom stereocenters. The van der Waals surface area contributed by atoms with Crippen molar-refractivity contribution >= 4 is 11.8 Å². The van der Waals surface area contributed by atoms with Gasteiger partial charge in [0.05, 0.1) is 57.8 Å². The fourth-order valence-electron chi connectivity index (χ4n) is 17.0. The van der Waals surface area contributed by atoms with Crippen molar-refractivity contribution < 1.29 is 158 Å². The third-order valence-electron chi connectivity index (χ3n) is 22.4. The first kappa shape index (κ1) is 73.7. The van der Waals surface area contributed by atoms with E-state index in [4.69, 9.17) is 61.6 Å². The second-order valence-corrected chi connectivity index (χ2v) is 28.3. The number of Topliss-reactive ketones (excluding diaryl/α,β-unsaturated/α-hetero) is 1. The van der Waals surface area contributed by atoms with E-state index in [1.165, 1.54) is 6.92 Å². The summed E-state index contributed by atoms with van der Waals surface area (Å²) in [4.78, 5) is 27.3. The van der Waals surface area contributed by atoms with E-state index in [0.29, 0.717) is 38.5 Å². The summed E-state index contributed by atoms with van der Waals surface area (Å²) in [5.74, 6) is -0.750. The number of carbonyl (C=O) groups is 2. The number of ketones is 1. The molecule has 0 amide bonds. The lowest BCUT2D eigenvalue weighted by Gasteiger charge is -2.61. The van der Waals surface area contributed by atoms with Crippen molar-refractivity contribution in [3.8, 4) is 0 Å². The normalized spacial score (nSPS) is 52.3. The van der Waals surface area contributed by atoms with E-state index in [2.05, 4.69) is 13.8 Å². The Bertz CT molecular complexity index is 2440. The van der Waals surface area contributed by atoms with Gasteiger partial charge in [0.2, 0.25) is 0 Å². The van der Waals surface area contributed by atoms with Gasteiger partial charge >= 0.3 is 5.97 Å². The summed E-state index contributed by atoms with van der Waals surface area (Å²) in [5.41, 5.74) is -0.674. The molecule has 6 heterocycles. The van der Waals surface area contributed by atoms with E-state index in [9.17, 15) is 96.4 Å². The van der Waals surface area contributed by atoms with Crippen molar-refractivity contribution in [3.05, 3.63) is 0 Å². The molecule has 0 aromatic rings. The van der Waals surface area contributed by atoms with Crippen LogP contribution in [-0.4, -0.2) is 322 Å². The topological polar surface area (TPSA) is 498 Å². The first-order valence-electron chi connectivity index (χ1n) is 32.8. The highest BCUT2D eigenvalue weighted by Crippen LogP contribution is 2.68. The lowest BCUT2D eigenvalue weighted by atomic mass is 9.44. The summed E-state index contributed by atoms with van der Waals surface area (Å²) < 4.78 is 78.4. The molecule has 536 valence electrons. The van der Waals surface area contributed by atoms with Crippen LogP contribution < -0.4 is 0 Å². The minimum Gasteiger partial charge on any atom is -0.462 e. The summed E-state index contributed by atoms with van der Waals surface area (Å²) in [6.07, 6.45) is -43.3. The fourth-order valence-corrected chi connectivity index (χ4v) is 17.0. The van der Waals surface area contributed by atoms with Crippen molar-refractivity contribution in [2.45, 2.75) is 283 Å². The predicted molar refractivity (Wildman–Crippen MR) is 305 cm³/mol. The number of aliphatic hydroxyl groups is 17. The van der Waals surface area contributed by atoms with Crippen LogP contribution in [-0.2, 0) is 71.2 Å². The fraction of sp³-hybridized carbons (Fsp3) is 0.967. The molecule has 6 aliphatic heterocycles. The van der Waals surface area contributed by atoms with Gasteiger partial charge in [-0.15, -0.1) is 0 Å². The zero-order valence-electron chi connectivity index (χ0n) is 52.8. The van der Waals surface area contributed by atoms with Gasteiger partial charge < -0.3 is 148 Å². The molecule has 10 aliphatic rings. The summed E-state index contributed by atoms with van der Waals surface area (Å²) >= 11 is 0. The quantitative estimate of drug-likeness (QED) is 0.0375. The highest BCUT2D eigenvalue weighted by Gasteiger charge is 2.65. The van der Waals surface area contributed by atoms with Crippen LogP contribution in [0, 0.1) is 46.3 Å². The van der Waals surface area contributed by atoms with Gasteiger partial charge in [-0.05, 0) is 112 Å². The molecule has 32 nitrogen and oxygen atoms in total. The number of aliphatic hydroxyl groups excluding tert-OH is 17. The van der Waals surface area contributed by atoms with Crippen molar-refractivity contribution in [1.29, 1.82) is 0 Å². The standard InChI is InChI=1S/C61H100O32/c1-22(19-81-54-47(78)44(75)41(72)33(16-62)87-54)6-9-36(68)86-32-15-29-27-8-7-25-14-26(10-12-60(25,4)28(27)11-13-61(29,5)37(32)23(2)65)85-58-52(92-57-48(79)43(74)38(69)24(3)84-57)49(80)50(35(18-64)89-58)90-59-53(93-56-46(77)40(71)31(67)21-83-56)51(42(73)34(17-63)88-59)91-55-45(76)39(70)30(66)20-82-55/h22,24-35,37-59,62-64,66-67,69-80H,6-21H2,1-5H3/t22-,24+,25-,26-,27-,28+,29+,30+,31+,32-,33+,34+,35+,37+,38+,39-,40-,41+,42+,43-,44-,45+,46+,47+,48+,49-,50+,51-,52+,53+,54+,55-,56-,57-,58+,59-,60+,61+/m1/s1. The van der Waals surface area contributed by atoms with Crippen LogP contribution in [0.15, 0.2) is 0 Å². The Morgan fingerprint density at radius 3 is 1.68 bits per heavy atom. The monoisotopic (exact) mass is 1340 g/mol. The molecule has 0 aromatic heterocycles. The average molecular weight is 1350 g/mol. The van der Waals surface area contributed by atoms with E-state index in [-0.39, 0.29) is 53.8 Å². The second kappa shape index (κ2) is 30.4. The van der Waals surface area contributed by atoms with Crippen LogP contribution in [0.5, 0.6) is 0 Å². The highest BCUT2D eigenvalue weighted by atomic mass is 16.8. The first-order valence-corrected chi connectivity index (χ1v) is 32.8. The Morgan fingerprint density at radius 1 is 0.505 bits per heavy atom. The van der Waals surface area contributed by atoms with E-state index in [0.717, 1.165) is 19.3 Å². The van der Waals surface area contributed by atoms with Gasteiger partial charge in [0.25, 0.3) is 0 Å². The van der Waals surface area contributed by atoms with Crippen LogP contribution in [0.2, 0.25) is 0 Å². The molecule has 6 saturated heterocycles. The number of ether oxygens (including phenoxy) is 13. The summed E-state index contributed by atoms with van der Waals surface area (Å²) in [6.45, 7) is 5.64. The lowest BCUT2D eigenvalue weighted by molar-refractivity contribution is -0.408. The number of carbonyl (C=O) groups excluding carboxylic acids is 2. The maximum absolute atomic E-state index is 13.7. The molecule has 0 aromatic carbocycles. The van der Waals surface area contributed by atoms with Crippen LogP contribution in [0.1, 0.15) is 98.8 Å². The SMILES string of the molecule is CC(=O)[C@H]1[C@H](OC(=O)CC[C@@H](C)CO[C@H]2O[C@@H](CO)[C@H](O)[C@@H](O)[C@@H]2O)C[C@H]2[C@@H]3CC[C@@H]4C[C@H](O[C@H]5O[C@@H](CO)[C@H](O[C@H]6O[C@@H](CO)[C@H](O)[C@@H](O[C@H]7OC[C@H](O)[C@@H](O)[C@@H]7O)[C@@H]6O[C@H]6OC[C@H](O)[C@@H](O)[C@@H]6O)[C@@H](O)[C@@H]5O[C@H]5O[C@@H](C)[C@H](O)[C@@H](O)[C@@H]5O)CC[C@]4(C)[C@H]3CC[C@@]21C. The van der Waals surface area contributed by atoms with Crippen LogP contribution in [0.25, 0.3) is 0 Å². The van der Waals surface area contributed by atoms with Crippen molar-refractivity contribution in [3.63, 3.8) is 0 Å². The number of hydrogen-bond donors (Lipinski definition) is 17. The predicted octanol–water partition coefficient (Wildman–Crippen LogP) is -6.22. The third kappa shape index (κ3) is 14.8. The van der Waals surface area contributed by atoms with Crippen LogP contribution in [0.4, 0.5) is 0 Å². The van der Waals surface area contributed by atoms with E-state index < -0.39 is 235 Å². The highest BCUT2D eigenvalue weighted by molar-refractivity contribution is 5.81. The minimum absolute atomic E-state index is 0.0142. The lowest BCUT2D eigenvalue weighted by Crippen LogP contribution is -2.68. The first-order chi connectivity index (χ1) is 44.0. The Hall–Kier alpha value is -2.02. The van der Waals surface area contributed by atoms with E-state index >= 15 is 0 Å². The summed E-state index contributed by atoms with van der Waals surface area (Å²) in [7, 11) is 0. The molecule has 17 N–H and O–H groups in total. The third-order valence-corrected chi connectivity index (χ3v) is 22.4. The molecule has 4 saturated carbocycles. The molecule has 0 radical (unpaired) electrons. The van der Waals surface area contributed by atoms with Gasteiger partial charge in [0.15, 0.2) is 37.7 Å². The minimum atomic E-state index is -1.99. The number of esters is 1. The molecule has 38 atom stereocenters. The Kier molecular flexibility index (Phi) is 24.1. The summed E-state index contributed by atoms with van der Waals surface area (Å²) in [6, 6.07) is 0. The van der Waals surface area contributed by atoms with Crippen LogP contribution >= 0.6 is 0 Å². The largest absolute Gasteiger partial charge is 0.462 e. The van der Waals surface area contributed by atoms with E-state index in [1.807, 2.05) is 6.92 Å². The molecule has 0 bridgehead atoms. The Labute approximate surface area is 537 Å². The number of hydrogen-bond acceptors (Lipinski definition) is 32. The Morgan fingerprint density at radius 2 is 1.04 bits per heavy atom. The van der Waals surface area contributed by atoms with Gasteiger partial charge in [-0.3, -0.25) is 9.59 Å². The number of fused-ring (bicyclic) bond motifs is 5. The van der Waals surface area contributed by atoms with Gasteiger partial charge in [0, 0.05) is 6.42 Å². The molecular weight excluding hydrogens is 1240 g/mol. The van der Waals surface area contributed by atoms with Crippen molar-refractivity contribution in [1.82, 2.24) is 0 Å². The molecule has 0 spiro atoms. The second-order valence-electron chi connectivity index (χ2n) is 28.3. The molecule has 10 fully saturated rings. The smallest absolute Gasteiger partial charge is 0.306 e. The van der Waals surface area contributed by atoms with Crippen LogP contribution in [0.3, 0.4) is 0 Å². The van der Waals surface area contributed by atoms with Crippen molar-refractivity contribution in [2.75, 3.05) is 39.6 Å². The maximum atomic E-state index is 13.7. The van der Waals surface area contributed by atoms with Gasteiger partial charge in [0.1, 0.15) is 140 Å². The van der Waals surface area contributed by atoms with Crippen molar-refractivity contribution in [2.24, 2.45) is 46.3 Å². The average Bonchev–Trinajstić information content (AvgIpc) is 1.65. The number of rotatable bonds is 21. The molecular formula is C61H100O32. The molecule has 32 heteroatoms. The molecule has 10 rings (SSSR count). The maximum Gasteiger partial charge on any atom is 0.306 e. The van der Waals surface area contributed by atoms with Gasteiger partial charge in [-0.1, -0.05) is 20.8 Å². The Balaban J connectivity index is 0.832. The van der Waals surface area contributed by atoms with Gasteiger partial charge in [-0.2, -0.15) is 0 Å². The van der Waals surface area contributed by atoms with E-state index in [1.54, 1.807) is 6.92 Å². The molecule has 93 heavy (non-hydrogen) atoms. The summed E-state index contributed by atoms with van der Waals surface area (Å²) in [5, 5.41) is 183. The molecule has 4 aliphatic carbocycles. The van der Waals surface area contributed by atoms with Gasteiger partial charge in [-0.25, -0.2) is 0 Å². The zero-order chi connectivity index (χ0) is 67.4. The zero-order valence-corrected chi connectivity index (χ0v) is 52.8.